The molecule has 8 nitrogen and oxygen atoms in total. The van der Waals surface area contributed by atoms with Crippen LogP contribution in [0.4, 0.5) is 4.39 Å². The molecule has 0 saturated heterocycles. The van der Waals surface area contributed by atoms with Crippen molar-refractivity contribution in [1.82, 2.24) is 25.9 Å². The van der Waals surface area contributed by atoms with Crippen LogP contribution >= 0.6 is 0 Å². The Morgan fingerprint density at radius 1 is 1.43 bits per heavy atom. The van der Waals surface area contributed by atoms with Crippen LogP contribution in [0.15, 0.2) is 24.3 Å². The normalized spacial score (nSPS) is 10.7. The van der Waals surface area contributed by atoms with Crippen LogP contribution in [0.25, 0.3) is 6.08 Å². The van der Waals surface area contributed by atoms with Gasteiger partial charge in [-0.25, -0.2) is 9.18 Å². The molecule has 0 aliphatic carbocycles. The third kappa shape index (κ3) is 3.93. The summed E-state index contributed by atoms with van der Waals surface area (Å²) in [4.78, 5) is 22.3. The number of tetrazole rings is 1. The van der Waals surface area contributed by atoms with Crippen molar-refractivity contribution in [1.29, 1.82) is 0 Å². The summed E-state index contributed by atoms with van der Waals surface area (Å²) in [7, 11) is 0. The van der Waals surface area contributed by atoms with E-state index in [4.69, 9.17) is 5.11 Å². The number of H-pyrrole nitrogens is 1. The molecule has 1 heterocycles. The number of rotatable bonds is 5. The summed E-state index contributed by atoms with van der Waals surface area (Å²) in [5.41, 5.74) is 0.189. The number of halogens is 1. The first-order valence-electron chi connectivity index (χ1n) is 5.77. The second kappa shape index (κ2) is 6.37. The lowest BCUT2D eigenvalue weighted by molar-refractivity contribution is -0.131. The van der Waals surface area contributed by atoms with E-state index < -0.39 is 17.7 Å². The highest BCUT2D eigenvalue weighted by Gasteiger charge is 2.12. The molecule has 0 saturated carbocycles. The van der Waals surface area contributed by atoms with Crippen molar-refractivity contribution in [2.75, 3.05) is 0 Å². The zero-order valence-corrected chi connectivity index (χ0v) is 10.6. The van der Waals surface area contributed by atoms with Crippen molar-refractivity contribution in [2.45, 2.75) is 6.54 Å². The molecule has 0 spiro atoms. The molecule has 1 aromatic carbocycles. The number of carboxylic acids is 1. The van der Waals surface area contributed by atoms with Crippen LogP contribution in [0.3, 0.4) is 0 Å². The van der Waals surface area contributed by atoms with Crippen LogP contribution in [0.5, 0.6) is 0 Å². The Balaban J connectivity index is 2.12. The van der Waals surface area contributed by atoms with E-state index in [1.54, 1.807) is 0 Å². The number of nitrogens with one attached hydrogen (secondary N) is 2. The average molecular weight is 291 g/mol. The van der Waals surface area contributed by atoms with Crippen molar-refractivity contribution in [3.63, 3.8) is 0 Å². The molecule has 0 aliphatic rings. The van der Waals surface area contributed by atoms with Gasteiger partial charge in [0, 0.05) is 6.08 Å². The lowest BCUT2D eigenvalue weighted by Gasteiger charge is -2.05. The van der Waals surface area contributed by atoms with Gasteiger partial charge in [-0.2, -0.15) is 5.21 Å². The molecule has 0 unspecified atom stereocenters. The van der Waals surface area contributed by atoms with Gasteiger partial charge in [0.25, 0.3) is 5.91 Å². The standard InChI is InChI=1S/C12H10FN5O3/c13-9-3-1-7(2-4-11(19)20)5-8(9)12(21)14-6-10-15-17-18-16-10/h1-5H,6H2,(H,14,21)(H,19,20)(H,15,16,17,18). The Kier molecular flexibility index (Phi) is 4.34. The molecule has 0 radical (unpaired) electrons. The van der Waals surface area contributed by atoms with Crippen molar-refractivity contribution in [2.24, 2.45) is 0 Å². The number of carbonyl (C=O) groups is 2. The number of hydrogen-bond donors (Lipinski definition) is 3. The lowest BCUT2D eigenvalue weighted by Crippen LogP contribution is -2.24. The quantitative estimate of drug-likeness (QED) is 0.684. The monoisotopic (exact) mass is 291 g/mol. The topological polar surface area (TPSA) is 121 Å². The minimum absolute atomic E-state index is 0.00995. The Morgan fingerprint density at radius 2 is 2.24 bits per heavy atom. The Bertz CT molecular complexity index is 684. The highest BCUT2D eigenvalue weighted by Crippen LogP contribution is 2.12. The fraction of sp³-hybridized carbons (Fsp3) is 0.0833. The smallest absolute Gasteiger partial charge is 0.328 e. The van der Waals surface area contributed by atoms with Crippen LogP contribution in [-0.2, 0) is 11.3 Å². The summed E-state index contributed by atoms with van der Waals surface area (Å²) in [5, 5.41) is 23.8. The minimum atomic E-state index is -1.14. The number of nitrogens with zero attached hydrogens (tertiary/aromatic N) is 3. The Hall–Kier alpha value is -3.10. The molecule has 0 atom stereocenters. The first-order valence-corrected chi connectivity index (χ1v) is 5.77. The second-order valence-corrected chi connectivity index (χ2v) is 3.92. The van der Waals surface area contributed by atoms with Crippen molar-refractivity contribution >= 4 is 18.0 Å². The molecule has 1 amide bonds. The predicted molar refractivity (Wildman–Crippen MR) is 68.4 cm³/mol. The molecular weight excluding hydrogens is 281 g/mol. The van der Waals surface area contributed by atoms with Gasteiger partial charge in [-0.15, -0.1) is 10.2 Å². The van der Waals surface area contributed by atoms with E-state index in [9.17, 15) is 14.0 Å². The van der Waals surface area contributed by atoms with Crippen LogP contribution in [-0.4, -0.2) is 37.6 Å². The molecule has 108 valence electrons. The molecule has 2 aromatic rings. The van der Waals surface area contributed by atoms with E-state index in [0.29, 0.717) is 5.56 Å². The SMILES string of the molecule is O=C(O)C=Cc1ccc(F)c(C(=O)NCc2nn[nH]n2)c1. The summed E-state index contributed by atoms with van der Waals surface area (Å²) >= 11 is 0. The average Bonchev–Trinajstić information content (AvgIpc) is 2.97. The zero-order chi connectivity index (χ0) is 15.2. The summed E-state index contributed by atoms with van der Waals surface area (Å²) in [6.07, 6.45) is 2.16. The highest BCUT2D eigenvalue weighted by molar-refractivity contribution is 5.95. The molecule has 9 heteroatoms. The highest BCUT2D eigenvalue weighted by atomic mass is 19.1. The Labute approximate surface area is 117 Å². The Morgan fingerprint density at radius 3 is 2.90 bits per heavy atom. The van der Waals surface area contributed by atoms with E-state index >= 15 is 0 Å². The number of aromatic amines is 1. The molecule has 21 heavy (non-hydrogen) atoms. The first kappa shape index (κ1) is 14.3. The largest absolute Gasteiger partial charge is 0.478 e. The lowest BCUT2D eigenvalue weighted by atomic mass is 10.1. The number of carboxylic acid groups (broad SMARTS) is 1. The first-order chi connectivity index (χ1) is 10.1. The van der Waals surface area contributed by atoms with Crippen LogP contribution < -0.4 is 5.32 Å². The molecule has 0 fully saturated rings. The maximum Gasteiger partial charge on any atom is 0.328 e. The maximum atomic E-state index is 13.6. The van der Waals surface area contributed by atoms with Gasteiger partial charge in [-0.3, -0.25) is 4.79 Å². The van der Waals surface area contributed by atoms with Gasteiger partial charge in [0.15, 0.2) is 5.82 Å². The van der Waals surface area contributed by atoms with E-state index in [1.807, 2.05) is 0 Å². The van der Waals surface area contributed by atoms with Crippen molar-refractivity contribution in [3.05, 3.63) is 47.0 Å². The summed E-state index contributed by atoms with van der Waals surface area (Å²) < 4.78 is 13.6. The van der Waals surface area contributed by atoms with Crippen molar-refractivity contribution in [3.8, 4) is 0 Å². The predicted octanol–water partition coefficient (Wildman–Crippen LogP) is 0.367. The van der Waals surface area contributed by atoms with Crippen molar-refractivity contribution < 1.29 is 19.1 Å². The van der Waals surface area contributed by atoms with E-state index in [-0.39, 0.29) is 17.9 Å². The van der Waals surface area contributed by atoms with E-state index in [2.05, 4.69) is 25.9 Å². The number of carbonyl (C=O) groups excluding carboxylic acids is 1. The maximum absolute atomic E-state index is 13.6. The third-order valence-corrected chi connectivity index (χ3v) is 2.45. The molecule has 0 bridgehead atoms. The minimum Gasteiger partial charge on any atom is -0.478 e. The van der Waals surface area contributed by atoms with Crippen LogP contribution in [0, 0.1) is 5.82 Å². The summed E-state index contributed by atoms with van der Waals surface area (Å²) in [6, 6.07) is 3.70. The second-order valence-electron chi connectivity index (χ2n) is 3.92. The summed E-state index contributed by atoms with van der Waals surface area (Å²) in [6.45, 7) is -0.00995. The van der Waals surface area contributed by atoms with Crippen LogP contribution in [0.1, 0.15) is 21.7 Å². The van der Waals surface area contributed by atoms with E-state index in [0.717, 1.165) is 12.1 Å². The van der Waals surface area contributed by atoms with Crippen LogP contribution in [0.2, 0.25) is 0 Å². The zero-order valence-electron chi connectivity index (χ0n) is 10.6. The molecule has 3 N–H and O–H groups in total. The number of aromatic nitrogens is 4. The summed E-state index contributed by atoms with van der Waals surface area (Å²) in [5.74, 6) is -2.26. The van der Waals surface area contributed by atoms with Gasteiger partial charge in [0.05, 0.1) is 12.1 Å². The number of hydrogen-bond acceptors (Lipinski definition) is 5. The van der Waals surface area contributed by atoms with E-state index in [1.165, 1.54) is 18.2 Å². The fourth-order valence-electron chi connectivity index (χ4n) is 1.50. The number of aliphatic carboxylic acids is 1. The van der Waals surface area contributed by atoms with Gasteiger partial charge in [0.1, 0.15) is 5.82 Å². The number of amides is 1. The number of benzene rings is 1. The van der Waals surface area contributed by atoms with Gasteiger partial charge in [0.2, 0.25) is 0 Å². The third-order valence-electron chi connectivity index (χ3n) is 2.45. The molecule has 1 aromatic heterocycles. The molecular formula is C12H10FN5O3. The van der Waals surface area contributed by atoms with Gasteiger partial charge in [-0.1, -0.05) is 11.3 Å². The van der Waals surface area contributed by atoms with Gasteiger partial charge >= 0.3 is 5.97 Å². The van der Waals surface area contributed by atoms with Gasteiger partial charge in [-0.05, 0) is 23.8 Å². The molecule has 0 aliphatic heterocycles. The van der Waals surface area contributed by atoms with Gasteiger partial charge < -0.3 is 10.4 Å². The fourth-order valence-corrected chi connectivity index (χ4v) is 1.50. The molecule has 2 rings (SSSR count).